The summed E-state index contributed by atoms with van der Waals surface area (Å²) in [4.78, 5) is 13.6. The standard InChI is InChI=1S/C13H17ClN2O2S/c1-8(13(17)18-3)7-16(2)11-5-4-9(14)6-10(11)12(15)19/h4-6,8H,7H2,1-3H3,(H2,15,19). The highest BCUT2D eigenvalue weighted by molar-refractivity contribution is 7.80. The van der Waals surface area contributed by atoms with Crippen LogP contribution in [-0.2, 0) is 9.53 Å². The lowest BCUT2D eigenvalue weighted by Crippen LogP contribution is -2.30. The normalized spacial score (nSPS) is 11.8. The minimum atomic E-state index is -0.252. The molecule has 0 aliphatic heterocycles. The van der Waals surface area contributed by atoms with E-state index in [1.807, 2.05) is 18.0 Å². The van der Waals surface area contributed by atoms with Gasteiger partial charge in [-0.2, -0.15) is 0 Å². The Kier molecular flexibility index (Phi) is 5.57. The van der Waals surface area contributed by atoms with Gasteiger partial charge in [0.2, 0.25) is 0 Å². The van der Waals surface area contributed by atoms with Gasteiger partial charge in [-0.15, -0.1) is 0 Å². The number of rotatable bonds is 5. The number of thiocarbonyl (C=S) groups is 1. The summed E-state index contributed by atoms with van der Waals surface area (Å²) >= 11 is 11.0. The third-order valence-electron chi connectivity index (χ3n) is 2.79. The monoisotopic (exact) mass is 300 g/mol. The van der Waals surface area contributed by atoms with Crippen LogP contribution < -0.4 is 10.6 Å². The Bertz CT molecular complexity index is 494. The fourth-order valence-electron chi connectivity index (χ4n) is 1.82. The van der Waals surface area contributed by atoms with Crippen molar-refractivity contribution < 1.29 is 9.53 Å². The van der Waals surface area contributed by atoms with Crippen LogP contribution in [0, 0.1) is 5.92 Å². The Morgan fingerprint density at radius 2 is 2.21 bits per heavy atom. The van der Waals surface area contributed by atoms with Crippen molar-refractivity contribution in [3.05, 3.63) is 28.8 Å². The van der Waals surface area contributed by atoms with Gasteiger partial charge < -0.3 is 15.4 Å². The molecule has 0 amide bonds. The van der Waals surface area contributed by atoms with Crippen LogP contribution in [0.15, 0.2) is 18.2 Å². The average molecular weight is 301 g/mol. The number of hydrogen-bond acceptors (Lipinski definition) is 4. The highest BCUT2D eigenvalue weighted by atomic mass is 35.5. The molecule has 0 aromatic heterocycles. The highest BCUT2D eigenvalue weighted by Gasteiger charge is 2.18. The van der Waals surface area contributed by atoms with Crippen LogP contribution >= 0.6 is 23.8 Å². The minimum absolute atomic E-state index is 0.245. The largest absolute Gasteiger partial charge is 0.469 e. The van der Waals surface area contributed by atoms with Crippen molar-refractivity contribution >= 4 is 40.5 Å². The fourth-order valence-corrected chi connectivity index (χ4v) is 2.16. The first-order chi connectivity index (χ1) is 8.86. The number of hydrogen-bond donors (Lipinski definition) is 1. The molecule has 0 saturated heterocycles. The van der Waals surface area contributed by atoms with E-state index >= 15 is 0 Å². The zero-order valence-electron chi connectivity index (χ0n) is 11.1. The van der Waals surface area contributed by atoms with Gasteiger partial charge in [-0.1, -0.05) is 30.7 Å². The van der Waals surface area contributed by atoms with Crippen LogP contribution in [0.1, 0.15) is 12.5 Å². The summed E-state index contributed by atoms with van der Waals surface area (Å²) in [6, 6.07) is 5.32. The number of ether oxygens (including phenoxy) is 1. The zero-order chi connectivity index (χ0) is 14.6. The SMILES string of the molecule is COC(=O)C(C)CN(C)c1ccc(Cl)cc1C(N)=S. The Hall–Kier alpha value is -1.33. The fraction of sp³-hybridized carbons (Fsp3) is 0.385. The van der Waals surface area contributed by atoms with Gasteiger partial charge in [0.25, 0.3) is 0 Å². The van der Waals surface area contributed by atoms with E-state index in [4.69, 9.17) is 34.3 Å². The quantitative estimate of drug-likeness (QED) is 0.667. The van der Waals surface area contributed by atoms with E-state index in [0.29, 0.717) is 17.1 Å². The van der Waals surface area contributed by atoms with Gasteiger partial charge in [0.05, 0.1) is 13.0 Å². The molecule has 1 aromatic carbocycles. The lowest BCUT2D eigenvalue weighted by molar-refractivity contribution is -0.144. The Balaban J connectivity index is 2.96. The maximum absolute atomic E-state index is 11.4. The lowest BCUT2D eigenvalue weighted by atomic mass is 10.1. The van der Waals surface area contributed by atoms with Crippen molar-refractivity contribution in [2.45, 2.75) is 6.92 Å². The first kappa shape index (κ1) is 15.7. The summed E-state index contributed by atoms with van der Waals surface area (Å²) in [6.45, 7) is 2.31. The molecule has 104 valence electrons. The number of nitrogens with two attached hydrogens (primary N) is 1. The molecule has 0 fully saturated rings. The van der Waals surface area contributed by atoms with E-state index in [1.165, 1.54) is 7.11 Å². The number of halogens is 1. The van der Waals surface area contributed by atoms with Crippen molar-refractivity contribution in [3.63, 3.8) is 0 Å². The summed E-state index contributed by atoms with van der Waals surface area (Å²) < 4.78 is 4.71. The van der Waals surface area contributed by atoms with Crippen LogP contribution in [-0.4, -0.2) is 31.7 Å². The highest BCUT2D eigenvalue weighted by Crippen LogP contribution is 2.24. The van der Waals surface area contributed by atoms with Crippen LogP contribution in [0.3, 0.4) is 0 Å². The van der Waals surface area contributed by atoms with Crippen molar-refractivity contribution in [2.75, 3.05) is 25.6 Å². The molecule has 19 heavy (non-hydrogen) atoms. The molecule has 1 atom stereocenters. The number of benzene rings is 1. The van der Waals surface area contributed by atoms with Gasteiger partial charge in [-0.3, -0.25) is 4.79 Å². The van der Waals surface area contributed by atoms with Crippen LogP contribution in [0.2, 0.25) is 5.02 Å². The Labute approximate surface area is 123 Å². The van der Waals surface area contributed by atoms with Gasteiger partial charge in [-0.05, 0) is 18.2 Å². The molecule has 0 radical (unpaired) electrons. The second-order valence-corrected chi connectivity index (χ2v) is 5.21. The molecule has 1 rings (SSSR count). The molecule has 2 N–H and O–H groups in total. The number of esters is 1. The number of carbonyl (C=O) groups excluding carboxylic acids is 1. The average Bonchev–Trinajstić information content (AvgIpc) is 2.37. The first-order valence-corrected chi connectivity index (χ1v) is 6.53. The van der Waals surface area contributed by atoms with Gasteiger partial charge in [0.1, 0.15) is 4.99 Å². The van der Waals surface area contributed by atoms with E-state index in [1.54, 1.807) is 19.1 Å². The summed E-state index contributed by atoms with van der Waals surface area (Å²) in [5, 5.41) is 0.570. The van der Waals surface area contributed by atoms with E-state index in [2.05, 4.69) is 0 Å². The van der Waals surface area contributed by atoms with Crippen LogP contribution in [0.5, 0.6) is 0 Å². The first-order valence-electron chi connectivity index (χ1n) is 5.75. The van der Waals surface area contributed by atoms with Gasteiger partial charge in [-0.25, -0.2) is 0 Å². The predicted octanol–water partition coefficient (Wildman–Crippen LogP) is 2.22. The maximum Gasteiger partial charge on any atom is 0.310 e. The summed E-state index contributed by atoms with van der Waals surface area (Å²) in [6.07, 6.45) is 0. The molecule has 4 nitrogen and oxygen atoms in total. The summed E-state index contributed by atoms with van der Waals surface area (Å²) in [5.74, 6) is -0.498. The third-order valence-corrected chi connectivity index (χ3v) is 3.24. The molecule has 1 aromatic rings. The molecule has 0 bridgehead atoms. The van der Waals surface area contributed by atoms with E-state index in [0.717, 1.165) is 5.69 Å². The Morgan fingerprint density at radius 3 is 2.74 bits per heavy atom. The summed E-state index contributed by atoms with van der Waals surface area (Å²) in [5.41, 5.74) is 7.23. The summed E-state index contributed by atoms with van der Waals surface area (Å²) in [7, 11) is 3.24. The molecule has 0 spiro atoms. The molecular weight excluding hydrogens is 284 g/mol. The van der Waals surface area contributed by atoms with Gasteiger partial charge in [0.15, 0.2) is 0 Å². The molecule has 0 heterocycles. The second-order valence-electron chi connectivity index (χ2n) is 4.33. The Morgan fingerprint density at radius 1 is 1.58 bits per heavy atom. The second kappa shape index (κ2) is 6.73. The smallest absolute Gasteiger partial charge is 0.310 e. The van der Waals surface area contributed by atoms with E-state index in [-0.39, 0.29) is 16.9 Å². The van der Waals surface area contributed by atoms with Crippen LogP contribution in [0.4, 0.5) is 5.69 Å². The zero-order valence-corrected chi connectivity index (χ0v) is 12.7. The topological polar surface area (TPSA) is 55.6 Å². The van der Waals surface area contributed by atoms with Crippen LogP contribution in [0.25, 0.3) is 0 Å². The third kappa shape index (κ3) is 4.08. The molecular formula is C13H17ClN2O2S. The number of methoxy groups -OCH3 is 1. The van der Waals surface area contributed by atoms with Crippen molar-refractivity contribution in [2.24, 2.45) is 11.7 Å². The van der Waals surface area contributed by atoms with E-state index < -0.39 is 0 Å². The van der Waals surface area contributed by atoms with Crippen molar-refractivity contribution in [1.29, 1.82) is 0 Å². The van der Waals surface area contributed by atoms with Crippen molar-refractivity contribution in [1.82, 2.24) is 0 Å². The number of nitrogens with zero attached hydrogens (tertiary/aromatic N) is 1. The number of carbonyl (C=O) groups is 1. The molecule has 6 heteroatoms. The molecule has 0 aliphatic carbocycles. The van der Waals surface area contributed by atoms with Crippen molar-refractivity contribution in [3.8, 4) is 0 Å². The number of anilines is 1. The predicted molar refractivity (Wildman–Crippen MR) is 81.8 cm³/mol. The van der Waals surface area contributed by atoms with Gasteiger partial charge in [0, 0.05) is 29.9 Å². The molecule has 0 saturated carbocycles. The molecule has 1 unspecified atom stereocenters. The lowest BCUT2D eigenvalue weighted by Gasteiger charge is -2.24. The minimum Gasteiger partial charge on any atom is -0.469 e. The van der Waals surface area contributed by atoms with E-state index in [9.17, 15) is 4.79 Å². The molecule has 0 aliphatic rings. The van der Waals surface area contributed by atoms with Gasteiger partial charge >= 0.3 is 5.97 Å². The maximum atomic E-state index is 11.4.